The highest BCUT2D eigenvalue weighted by Crippen LogP contribution is 2.16. The number of hydrogen-bond donors (Lipinski definition) is 3. The first kappa shape index (κ1) is 20.3. The number of carbonyl (C=O) groups is 2. The van der Waals surface area contributed by atoms with E-state index in [1.807, 2.05) is 31.2 Å². The number of pyridine rings is 1. The molecule has 3 heterocycles. The number of H-pyrrole nitrogens is 1. The van der Waals surface area contributed by atoms with Gasteiger partial charge in [0.15, 0.2) is 0 Å². The van der Waals surface area contributed by atoms with E-state index < -0.39 is 0 Å². The Morgan fingerprint density at radius 2 is 2.07 bits per heavy atom. The third kappa shape index (κ3) is 5.08. The summed E-state index contributed by atoms with van der Waals surface area (Å²) in [5.41, 5.74) is 3.76. The molecule has 2 aromatic heterocycles. The summed E-state index contributed by atoms with van der Waals surface area (Å²) in [5.74, 6) is 1.56. The van der Waals surface area contributed by atoms with Crippen LogP contribution < -0.4 is 5.32 Å². The highest BCUT2D eigenvalue weighted by atomic mass is 16.5. The maximum atomic E-state index is 12.4. The molecule has 0 saturated carbocycles. The second-order valence-electron chi connectivity index (χ2n) is 6.45. The smallest absolute Gasteiger partial charge is 0.290 e. The molecule has 0 spiro atoms. The number of imidazole rings is 1. The lowest BCUT2D eigenvalue weighted by Crippen LogP contribution is -2.40. The molecule has 0 bridgehead atoms. The van der Waals surface area contributed by atoms with Crippen molar-refractivity contribution in [2.75, 3.05) is 31.6 Å². The van der Waals surface area contributed by atoms with Gasteiger partial charge in [0.05, 0.1) is 36.4 Å². The monoisotopic (exact) mass is 397 g/mol. The van der Waals surface area contributed by atoms with Gasteiger partial charge in [0, 0.05) is 19.3 Å². The van der Waals surface area contributed by atoms with E-state index in [0.717, 1.165) is 22.4 Å². The number of para-hydroxylation sites is 1. The second kappa shape index (κ2) is 9.65. The fourth-order valence-corrected chi connectivity index (χ4v) is 3.06. The van der Waals surface area contributed by atoms with Crippen molar-refractivity contribution in [2.24, 2.45) is 0 Å². The second-order valence-corrected chi connectivity index (χ2v) is 6.45. The first-order valence-corrected chi connectivity index (χ1v) is 9.21. The van der Waals surface area contributed by atoms with Gasteiger partial charge in [-0.1, -0.05) is 12.1 Å². The van der Waals surface area contributed by atoms with Crippen LogP contribution in [0.15, 0.2) is 36.5 Å². The standard InChI is InChI=1S/C19H21N5O2.CH2O2/c1-13-3-2-4-15-18(13)23-17(22-15)12-21-16-6-5-14(11-20-16)19(25)24-7-9-26-10-8-24;2-1-3/h2-6,11H,7-10,12H2,1H3,(H,20,21)(H,22,23);1H,(H,2,3). The molecule has 1 aromatic carbocycles. The Kier molecular flexibility index (Phi) is 6.75. The van der Waals surface area contributed by atoms with Crippen LogP contribution in [0.4, 0.5) is 5.82 Å². The Hall–Kier alpha value is -3.46. The summed E-state index contributed by atoms with van der Waals surface area (Å²) in [6.45, 7) is 4.78. The molecule has 1 aliphatic rings. The number of hydrogen-bond acceptors (Lipinski definition) is 6. The number of aryl methyl sites for hydroxylation is 1. The highest BCUT2D eigenvalue weighted by molar-refractivity contribution is 5.94. The van der Waals surface area contributed by atoms with Crippen LogP contribution in [0.2, 0.25) is 0 Å². The van der Waals surface area contributed by atoms with Gasteiger partial charge in [-0.05, 0) is 30.7 Å². The number of aromatic amines is 1. The van der Waals surface area contributed by atoms with Crippen LogP contribution in [0.3, 0.4) is 0 Å². The highest BCUT2D eigenvalue weighted by Gasteiger charge is 2.18. The van der Waals surface area contributed by atoms with E-state index in [0.29, 0.717) is 44.2 Å². The molecule has 29 heavy (non-hydrogen) atoms. The van der Waals surface area contributed by atoms with Gasteiger partial charge in [0.25, 0.3) is 12.4 Å². The SMILES string of the molecule is Cc1cccc2[nH]c(CNc3ccc(C(=O)N4CCOCC4)cn3)nc12.O=CO. The van der Waals surface area contributed by atoms with Crippen LogP contribution in [0.5, 0.6) is 0 Å². The Bertz CT molecular complexity index is 965. The Balaban J connectivity index is 0.000000755. The minimum Gasteiger partial charge on any atom is -0.483 e. The number of benzene rings is 1. The molecule has 0 aliphatic carbocycles. The largest absolute Gasteiger partial charge is 0.483 e. The quantitative estimate of drug-likeness (QED) is 0.576. The van der Waals surface area contributed by atoms with E-state index in [1.165, 1.54) is 0 Å². The van der Waals surface area contributed by atoms with Gasteiger partial charge in [0.1, 0.15) is 11.6 Å². The van der Waals surface area contributed by atoms with Crippen molar-refractivity contribution in [3.05, 3.63) is 53.5 Å². The number of rotatable bonds is 4. The fraction of sp³-hybridized carbons (Fsp3) is 0.300. The number of carbonyl (C=O) groups excluding carboxylic acids is 1. The molecular formula is C20H23N5O4. The molecular weight excluding hydrogens is 374 g/mol. The molecule has 9 heteroatoms. The van der Waals surface area contributed by atoms with E-state index in [2.05, 4.69) is 20.3 Å². The molecule has 1 fully saturated rings. The van der Waals surface area contributed by atoms with Crippen LogP contribution >= 0.6 is 0 Å². The van der Waals surface area contributed by atoms with Gasteiger partial charge in [-0.15, -0.1) is 0 Å². The number of amides is 1. The molecule has 0 unspecified atom stereocenters. The van der Waals surface area contributed by atoms with Crippen LogP contribution in [0.25, 0.3) is 11.0 Å². The fourth-order valence-electron chi connectivity index (χ4n) is 3.06. The number of nitrogens with one attached hydrogen (secondary N) is 2. The number of morpholine rings is 1. The summed E-state index contributed by atoms with van der Waals surface area (Å²) in [7, 11) is 0. The lowest BCUT2D eigenvalue weighted by Gasteiger charge is -2.26. The lowest BCUT2D eigenvalue weighted by molar-refractivity contribution is -0.122. The molecule has 1 amide bonds. The number of aromatic nitrogens is 3. The minimum atomic E-state index is -0.250. The van der Waals surface area contributed by atoms with Crippen molar-refractivity contribution in [1.29, 1.82) is 0 Å². The summed E-state index contributed by atoms with van der Waals surface area (Å²) < 4.78 is 5.28. The van der Waals surface area contributed by atoms with Gasteiger partial charge in [-0.2, -0.15) is 0 Å². The summed E-state index contributed by atoms with van der Waals surface area (Å²) in [6.07, 6.45) is 1.61. The zero-order valence-electron chi connectivity index (χ0n) is 16.1. The summed E-state index contributed by atoms with van der Waals surface area (Å²) in [6, 6.07) is 9.70. The van der Waals surface area contributed by atoms with Crippen molar-refractivity contribution >= 4 is 29.2 Å². The van der Waals surface area contributed by atoms with Gasteiger partial charge in [-0.3, -0.25) is 9.59 Å². The topological polar surface area (TPSA) is 120 Å². The van der Waals surface area contributed by atoms with Crippen LogP contribution in [0.1, 0.15) is 21.7 Å². The number of fused-ring (bicyclic) bond motifs is 1. The molecule has 0 atom stereocenters. The number of nitrogens with zero attached hydrogens (tertiary/aromatic N) is 3. The summed E-state index contributed by atoms with van der Waals surface area (Å²) in [4.78, 5) is 34.8. The zero-order chi connectivity index (χ0) is 20.6. The predicted octanol–water partition coefficient (Wildman–Crippen LogP) is 2.05. The Labute approximate surface area is 167 Å². The zero-order valence-corrected chi connectivity index (χ0v) is 16.1. The minimum absolute atomic E-state index is 0.000101. The van der Waals surface area contributed by atoms with Gasteiger partial charge in [-0.25, -0.2) is 9.97 Å². The maximum absolute atomic E-state index is 12.4. The molecule has 0 radical (unpaired) electrons. The van der Waals surface area contributed by atoms with E-state index in [-0.39, 0.29) is 12.4 Å². The molecule has 1 saturated heterocycles. The molecule has 3 aromatic rings. The van der Waals surface area contributed by atoms with E-state index in [9.17, 15) is 4.79 Å². The van der Waals surface area contributed by atoms with Gasteiger partial charge < -0.3 is 25.0 Å². The first-order valence-electron chi connectivity index (χ1n) is 9.21. The molecule has 9 nitrogen and oxygen atoms in total. The summed E-state index contributed by atoms with van der Waals surface area (Å²) in [5, 5.41) is 10.1. The molecule has 4 rings (SSSR count). The normalized spacial score (nSPS) is 13.5. The van der Waals surface area contributed by atoms with E-state index in [1.54, 1.807) is 17.2 Å². The predicted molar refractivity (Wildman–Crippen MR) is 108 cm³/mol. The number of carboxylic acid groups (broad SMARTS) is 1. The maximum Gasteiger partial charge on any atom is 0.290 e. The third-order valence-electron chi connectivity index (χ3n) is 4.51. The van der Waals surface area contributed by atoms with Crippen molar-refractivity contribution < 1.29 is 19.4 Å². The van der Waals surface area contributed by atoms with E-state index in [4.69, 9.17) is 14.6 Å². The van der Waals surface area contributed by atoms with Crippen molar-refractivity contribution in [3.63, 3.8) is 0 Å². The lowest BCUT2D eigenvalue weighted by atomic mass is 10.2. The molecule has 3 N–H and O–H groups in total. The third-order valence-corrected chi connectivity index (χ3v) is 4.51. The Morgan fingerprint density at radius 1 is 1.31 bits per heavy atom. The van der Waals surface area contributed by atoms with Crippen LogP contribution in [-0.2, 0) is 16.1 Å². The van der Waals surface area contributed by atoms with Crippen molar-refractivity contribution in [2.45, 2.75) is 13.5 Å². The molecule has 1 aliphatic heterocycles. The van der Waals surface area contributed by atoms with Gasteiger partial charge >= 0.3 is 0 Å². The number of anilines is 1. The van der Waals surface area contributed by atoms with Crippen LogP contribution in [-0.4, -0.2) is 63.6 Å². The first-order chi connectivity index (χ1) is 14.1. The number of ether oxygens (including phenoxy) is 1. The van der Waals surface area contributed by atoms with Crippen molar-refractivity contribution in [3.8, 4) is 0 Å². The molecule has 152 valence electrons. The van der Waals surface area contributed by atoms with E-state index >= 15 is 0 Å². The van der Waals surface area contributed by atoms with Crippen LogP contribution in [0, 0.1) is 6.92 Å². The summed E-state index contributed by atoms with van der Waals surface area (Å²) >= 11 is 0. The van der Waals surface area contributed by atoms with Crippen molar-refractivity contribution in [1.82, 2.24) is 19.9 Å². The average Bonchev–Trinajstić information content (AvgIpc) is 3.18. The van der Waals surface area contributed by atoms with Gasteiger partial charge in [0.2, 0.25) is 0 Å². The average molecular weight is 397 g/mol. The Morgan fingerprint density at radius 3 is 2.72 bits per heavy atom.